The van der Waals surface area contributed by atoms with Crippen LogP contribution in [0, 0.1) is 19.8 Å². The number of aryl methyl sites for hydroxylation is 2. The largest absolute Gasteiger partial charge is 0.444 e. The maximum Gasteiger partial charge on any atom is 0.408 e. The fourth-order valence-electron chi connectivity index (χ4n) is 3.79. The summed E-state index contributed by atoms with van der Waals surface area (Å²) in [5.41, 5.74) is 2.22. The SMILES string of the molecule is Cc1c(Cc2ccccc2)c(=O)oc2c(C)c(OC(=O)[C@@H](NC(=O)OC(C)(C)C)C(C)C)ccc12. The molecule has 0 aliphatic heterocycles. The summed E-state index contributed by atoms with van der Waals surface area (Å²) in [4.78, 5) is 38.0. The van der Waals surface area contributed by atoms with Crippen LogP contribution in [0.15, 0.2) is 51.7 Å². The predicted molar refractivity (Wildman–Crippen MR) is 135 cm³/mol. The number of rotatable bonds is 6. The summed E-state index contributed by atoms with van der Waals surface area (Å²) in [6.07, 6.45) is -0.233. The summed E-state index contributed by atoms with van der Waals surface area (Å²) in [5, 5.41) is 3.37. The average Bonchev–Trinajstić information content (AvgIpc) is 2.76. The molecule has 7 nitrogen and oxygen atoms in total. The van der Waals surface area contributed by atoms with Crippen molar-refractivity contribution in [1.82, 2.24) is 5.32 Å². The molecule has 0 saturated heterocycles. The number of esters is 1. The third kappa shape index (κ3) is 6.29. The lowest BCUT2D eigenvalue weighted by Crippen LogP contribution is -2.48. The Kier molecular flexibility index (Phi) is 7.68. The second-order valence-electron chi connectivity index (χ2n) is 10.0. The summed E-state index contributed by atoms with van der Waals surface area (Å²) in [5.74, 6) is -0.609. The van der Waals surface area contributed by atoms with Gasteiger partial charge < -0.3 is 19.2 Å². The third-order valence-electron chi connectivity index (χ3n) is 5.68. The molecular weight excluding hydrogens is 446 g/mol. The Labute approximate surface area is 205 Å². The number of nitrogens with one attached hydrogen (secondary N) is 1. The maximum absolute atomic E-state index is 12.9. The zero-order chi connectivity index (χ0) is 25.9. The molecule has 186 valence electrons. The highest BCUT2D eigenvalue weighted by Gasteiger charge is 2.29. The summed E-state index contributed by atoms with van der Waals surface area (Å²) in [6, 6.07) is 12.3. The van der Waals surface area contributed by atoms with Crippen LogP contribution in [0.4, 0.5) is 4.79 Å². The van der Waals surface area contributed by atoms with Gasteiger partial charge in [0.25, 0.3) is 0 Å². The van der Waals surface area contributed by atoms with Crippen molar-refractivity contribution >= 4 is 23.0 Å². The lowest BCUT2D eigenvalue weighted by molar-refractivity contribution is -0.138. The Morgan fingerprint density at radius 2 is 1.66 bits per heavy atom. The monoisotopic (exact) mass is 479 g/mol. The van der Waals surface area contributed by atoms with E-state index in [1.165, 1.54) is 0 Å². The number of alkyl carbamates (subject to hydrolysis) is 1. The van der Waals surface area contributed by atoms with Crippen LogP contribution in [-0.2, 0) is 16.0 Å². The summed E-state index contributed by atoms with van der Waals surface area (Å²) < 4.78 is 16.6. The standard InChI is InChI=1S/C28H33NO6/c1-16(2)23(29-27(32)35-28(5,6)7)26(31)33-22-14-13-20-17(3)21(15-19-11-9-8-10-12-19)25(30)34-24(20)18(22)4/h8-14,16,23H,15H2,1-7H3,(H,29,32)/t23-/m0/s1. The van der Waals surface area contributed by atoms with E-state index in [0.717, 1.165) is 16.5 Å². The molecule has 0 unspecified atom stereocenters. The first-order valence-corrected chi connectivity index (χ1v) is 11.7. The number of amides is 1. The Morgan fingerprint density at radius 1 is 1.00 bits per heavy atom. The number of fused-ring (bicyclic) bond motifs is 1. The molecule has 0 spiro atoms. The first kappa shape index (κ1) is 26.0. The average molecular weight is 480 g/mol. The zero-order valence-electron chi connectivity index (χ0n) is 21.4. The van der Waals surface area contributed by atoms with Gasteiger partial charge in [0.05, 0.1) is 0 Å². The van der Waals surface area contributed by atoms with Gasteiger partial charge >= 0.3 is 17.7 Å². The molecule has 1 heterocycles. The Bertz CT molecular complexity index is 1280. The van der Waals surface area contributed by atoms with Crippen LogP contribution in [0.2, 0.25) is 0 Å². The predicted octanol–water partition coefficient (Wildman–Crippen LogP) is 5.46. The summed E-state index contributed by atoms with van der Waals surface area (Å²) in [7, 11) is 0. The van der Waals surface area contributed by atoms with Crippen molar-refractivity contribution in [3.05, 3.63) is 75.1 Å². The minimum Gasteiger partial charge on any atom is -0.444 e. The number of hydrogen-bond acceptors (Lipinski definition) is 6. The minimum atomic E-state index is -0.915. The topological polar surface area (TPSA) is 94.8 Å². The molecule has 0 aliphatic rings. The van der Waals surface area contributed by atoms with Gasteiger partial charge in [0.1, 0.15) is 23.0 Å². The maximum atomic E-state index is 12.9. The Balaban J connectivity index is 1.88. The molecule has 0 aliphatic carbocycles. The van der Waals surface area contributed by atoms with Crippen molar-refractivity contribution in [1.29, 1.82) is 0 Å². The highest BCUT2D eigenvalue weighted by atomic mass is 16.6. The van der Waals surface area contributed by atoms with Crippen molar-refractivity contribution in [2.45, 2.75) is 66.5 Å². The van der Waals surface area contributed by atoms with Crippen LogP contribution < -0.4 is 15.7 Å². The van der Waals surface area contributed by atoms with Crippen molar-refractivity contribution in [3.8, 4) is 5.75 Å². The first-order chi connectivity index (χ1) is 16.4. The van der Waals surface area contributed by atoms with Gasteiger partial charge in [-0.3, -0.25) is 0 Å². The minimum absolute atomic E-state index is 0.239. The molecule has 0 bridgehead atoms. The van der Waals surface area contributed by atoms with Crippen molar-refractivity contribution < 1.29 is 23.5 Å². The quantitative estimate of drug-likeness (QED) is 0.287. The molecule has 0 fully saturated rings. The molecule has 1 amide bonds. The molecule has 3 aromatic rings. The van der Waals surface area contributed by atoms with E-state index >= 15 is 0 Å². The normalized spacial score (nSPS) is 12.5. The van der Waals surface area contributed by atoms with Gasteiger partial charge in [-0.05, 0) is 63.8 Å². The summed E-state index contributed by atoms with van der Waals surface area (Å²) >= 11 is 0. The fourth-order valence-corrected chi connectivity index (χ4v) is 3.79. The van der Waals surface area contributed by atoms with E-state index in [1.807, 2.05) is 37.3 Å². The lowest BCUT2D eigenvalue weighted by Gasteiger charge is -2.24. The number of ether oxygens (including phenoxy) is 2. The smallest absolute Gasteiger partial charge is 0.408 e. The molecular formula is C28H33NO6. The van der Waals surface area contributed by atoms with Gasteiger partial charge in [0.2, 0.25) is 0 Å². The van der Waals surface area contributed by atoms with Crippen molar-refractivity contribution in [2.75, 3.05) is 0 Å². The van der Waals surface area contributed by atoms with E-state index in [-0.39, 0.29) is 11.7 Å². The Hall–Kier alpha value is -3.61. The van der Waals surface area contributed by atoms with E-state index in [2.05, 4.69) is 5.32 Å². The second-order valence-corrected chi connectivity index (χ2v) is 10.0. The molecule has 1 aromatic heterocycles. The molecule has 0 radical (unpaired) electrons. The van der Waals surface area contributed by atoms with Gasteiger partial charge in [-0.25, -0.2) is 14.4 Å². The van der Waals surface area contributed by atoms with Crippen LogP contribution in [0.3, 0.4) is 0 Å². The number of carbonyl (C=O) groups excluding carboxylic acids is 2. The van der Waals surface area contributed by atoms with Crippen LogP contribution in [-0.4, -0.2) is 23.7 Å². The van der Waals surface area contributed by atoms with Crippen LogP contribution in [0.5, 0.6) is 5.75 Å². The van der Waals surface area contributed by atoms with Crippen molar-refractivity contribution in [3.63, 3.8) is 0 Å². The van der Waals surface area contributed by atoms with E-state index in [4.69, 9.17) is 13.9 Å². The zero-order valence-corrected chi connectivity index (χ0v) is 21.4. The van der Waals surface area contributed by atoms with Gasteiger partial charge in [0, 0.05) is 22.9 Å². The van der Waals surface area contributed by atoms with Crippen LogP contribution in [0.1, 0.15) is 56.9 Å². The molecule has 35 heavy (non-hydrogen) atoms. The first-order valence-electron chi connectivity index (χ1n) is 11.7. The van der Waals surface area contributed by atoms with Gasteiger partial charge in [-0.15, -0.1) is 0 Å². The third-order valence-corrected chi connectivity index (χ3v) is 5.68. The van der Waals surface area contributed by atoms with E-state index in [1.54, 1.807) is 53.7 Å². The second kappa shape index (κ2) is 10.3. The molecule has 3 rings (SSSR count). The highest BCUT2D eigenvalue weighted by Crippen LogP contribution is 2.30. The number of carbonyl (C=O) groups is 2. The van der Waals surface area contributed by atoms with E-state index < -0.39 is 29.3 Å². The van der Waals surface area contributed by atoms with Crippen molar-refractivity contribution in [2.24, 2.45) is 5.92 Å². The van der Waals surface area contributed by atoms with E-state index in [0.29, 0.717) is 23.1 Å². The lowest BCUT2D eigenvalue weighted by atomic mass is 9.98. The number of hydrogen-bond donors (Lipinski definition) is 1. The molecule has 2 aromatic carbocycles. The Morgan fingerprint density at radius 3 is 2.26 bits per heavy atom. The van der Waals surface area contributed by atoms with Gasteiger partial charge in [-0.2, -0.15) is 0 Å². The van der Waals surface area contributed by atoms with Crippen LogP contribution >= 0.6 is 0 Å². The summed E-state index contributed by atoms with van der Waals surface area (Å²) in [6.45, 7) is 12.5. The fraction of sp³-hybridized carbons (Fsp3) is 0.393. The molecule has 1 atom stereocenters. The molecule has 7 heteroatoms. The molecule has 1 N–H and O–H groups in total. The van der Waals surface area contributed by atoms with Crippen LogP contribution in [0.25, 0.3) is 11.0 Å². The number of benzene rings is 2. The molecule has 0 saturated carbocycles. The van der Waals surface area contributed by atoms with Gasteiger partial charge in [-0.1, -0.05) is 44.2 Å². The highest BCUT2D eigenvalue weighted by molar-refractivity contribution is 5.88. The van der Waals surface area contributed by atoms with E-state index in [9.17, 15) is 14.4 Å². The van der Waals surface area contributed by atoms with Gasteiger partial charge in [0.15, 0.2) is 0 Å².